The highest BCUT2D eigenvalue weighted by molar-refractivity contribution is 6.40. The minimum Gasteiger partial charge on any atom is -0.492 e. The molecular formula is C20H20Cl2O2. The van der Waals surface area contributed by atoms with Crippen molar-refractivity contribution < 1.29 is 9.47 Å². The van der Waals surface area contributed by atoms with Crippen molar-refractivity contribution in [1.29, 1.82) is 0 Å². The molecule has 0 amide bonds. The molecule has 0 bridgehead atoms. The van der Waals surface area contributed by atoms with Gasteiger partial charge in [0.25, 0.3) is 0 Å². The first-order valence-corrected chi connectivity index (χ1v) is 9.02. The summed E-state index contributed by atoms with van der Waals surface area (Å²) >= 11 is 13.0. The van der Waals surface area contributed by atoms with E-state index in [0.717, 1.165) is 45.9 Å². The van der Waals surface area contributed by atoms with E-state index in [1.165, 1.54) is 0 Å². The highest BCUT2D eigenvalue weighted by Crippen LogP contribution is 2.47. The zero-order valence-corrected chi connectivity index (χ0v) is 15.4. The number of hydrogen-bond donors (Lipinski definition) is 0. The van der Waals surface area contributed by atoms with Crippen molar-refractivity contribution in [2.45, 2.75) is 26.7 Å². The monoisotopic (exact) mass is 362 g/mol. The minimum absolute atomic E-state index is 0.607. The Balaban J connectivity index is 2.44. The lowest BCUT2D eigenvalue weighted by molar-refractivity contribution is 0.319. The molecule has 0 saturated carbocycles. The Morgan fingerprint density at radius 3 is 1.62 bits per heavy atom. The summed E-state index contributed by atoms with van der Waals surface area (Å²) in [5, 5.41) is 4.91. The molecule has 0 spiro atoms. The fraction of sp³-hybridized carbons (Fsp3) is 0.300. The first kappa shape index (κ1) is 17.2. The third kappa shape index (κ3) is 3.01. The van der Waals surface area contributed by atoms with Gasteiger partial charge in [0.05, 0.1) is 23.3 Å². The summed E-state index contributed by atoms with van der Waals surface area (Å²) in [5.41, 5.74) is 0. The van der Waals surface area contributed by atoms with E-state index in [1.54, 1.807) is 0 Å². The van der Waals surface area contributed by atoms with Gasteiger partial charge in [-0.05, 0) is 25.0 Å². The Kier molecular flexibility index (Phi) is 5.37. The van der Waals surface area contributed by atoms with Gasteiger partial charge in [0.2, 0.25) is 0 Å². The molecule has 3 rings (SSSR count). The lowest BCUT2D eigenvalue weighted by atomic mass is 10.00. The van der Waals surface area contributed by atoms with Crippen LogP contribution in [0.1, 0.15) is 26.7 Å². The van der Waals surface area contributed by atoms with Crippen molar-refractivity contribution in [2.75, 3.05) is 13.2 Å². The van der Waals surface area contributed by atoms with Crippen LogP contribution in [-0.2, 0) is 0 Å². The lowest BCUT2D eigenvalue weighted by Crippen LogP contribution is -2.01. The SMILES string of the molecule is CCCOc1c2cccc(Cl)c2c(OCCC)c2c(Cl)cccc12. The molecule has 0 aliphatic heterocycles. The van der Waals surface area contributed by atoms with Crippen LogP contribution >= 0.6 is 23.2 Å². The first-order chi connectivity index (χ1) is 11.7. The van der Waals surface area contributed by atoms with Gasteiger partial charge in [0.1, 0.15) is 11.5 Å². The standard InChI is InChI=1S/C20H20Cl2O2/c1-3-11-23-19-13-7-5-9-15(21)17(13)20(24-12-4-2)18-14(19)8-6-10-16(18)22/h5-10H,3-4,11-12H2,1-2H3. The van der Waals surface area contributed by atoms with E-state index in [4.69, 9.17) is 32.7 Å². The predicted molar refractivity (Wildman–Crippen MR) is 103 cm³/mol. The normalized spacial score (nSPS) is 11.2. The van der Waals surface area contributed by atoms with Crippen LogP contribution in [0.4, 0.5) is 0 Å². The predicted octanol–water partition coefficient (Wildman–Crippen LogP) is 6.88. The minimum atomic E-state index is 0.607. The van der Waals surface area contributed by atoms with Crippen LogP contribution in [0.3, 0.4) is 0 Å². The van der Waals surface area contributed by atoms with Gasteiger partial charge in [-0.25, -0.2) is 0 Å². The number of ether oxygens (including phenoxy) is 2. The van der Waals surface area contributed by atoms with E-state index >= 15 is 0 Å². The van der Waals surface area contributed by atoms with Crippen molar-refractivity contribution >= 4 is 44.7 Å². The molecule has 4 heteroatoms. The van der Waals surface area contributed by atoms with Crippen molar-refractivity contribution in [3.8, 4) is 11.5 Å². The summed E-state index contributed by atoms with van der Waals surface area (Å²) in [4.78, 5) is 0. The quantitative estimate of drug-likeness (QED) is 0.445. The summed E-state index contributed by atoms with van der Waals surface area (Å²) in [6.45, 7) is 5.41. The maximum atomic E-state index is 6.52. The lowest BCUT2D eigenvalue weighted by Gasteiger charge is -2.19. The van der Waals surface area contributed by atoms with E-state index in [1.807, 2.05) is 36.4 Å². The zero-order valence-electron chi connectivity index (χ0n) is 13.9. The number of halogens is 2. The van der Waals surface area contributed by atoms with Crippen molar-refractivity contribution in [3.05, 3.63) is 46.4 Å². The van der Waals surface area contributed by atoms with Crippen LogP contribution in [0.15, 0.2) is 36.4 Å². The molecule has 0 aliphatic rings. The van der Waals surface area contributed by atoms with E-state index in [2.05, 4.69) is 13.8 Å². The molecule has 0 fully saturated rings. The number of hydrogen-bond acceptors (Lipinski definition) is 2. The summed E-state index contributed by atoms with van der Waals surface area (Å²) in [5.74, 6) is 1.55. The first-order valence-electron chi connectivity index (χ1n) is 8.27. The third-order valence-electron chi connectivity index (χ3n) is 3.87. The van der Waals surface area contributed by atoms with Gasteiger partial charge >= 0.3 is 0 Å². The second-order valence-corrected chi connectivity index (χ2v) is 6.49. The molecule has 3 aromatic rings. The second kappa shape index (κ2) is 7.50. The van der Waals surface area contributed by atoms with Gasteiger partial charge in [-0.1, -0.05) is 61.3 Å². The Bertz CT molecular complexity index is 812. The maximum Gasteiger partial charge on any atom is 0.138 e. The molecule has 0 radical (unpaired) electrons. The molecule has 126 valence electrons. The van der Waals surface area contributed by atoms with E-state index in [0.29, 0.717) is 23.3 Å². The second-order valence-electron chi connectivity index (χ2n) is 5.68. The Morgan fingerprint density at radius 2 is 1.17 bits per heavy atom. The van der Waals surface area contributed by atoms with Gasteiger partial charge in [0, 0.05) is 21.5 Å². The molecule has 0 aromatic heterocycles. The topological polar surface area (TPSA) is 18.5 Å². The molecule has 0 atom stereocenters. The van der Waals surface area contributed by atoms with Gasteiger partial charge in [-0.15, -0.1) is 0 Å². The van der Waals surface area contributed by atoms with Gasteiger partial charge in [-0.2, -0.15) is 0 Å². The average Bonchev–Trinajstić information content (AvgIpc) is 2.58. The number of fused-ring (bicyclic) bond motifs is 2. The zero-order chi connectivity index (χ0) is 17.1. The summed E-state index contributed by atoms with van der Waals surface area (Å²) in [6, 6.07) is 11.6. The molecule has 24 heavy (non-hydrogen) atoms. The van der Waals surface area contributed by atoms with Crippen LogP contribution in [0.2, 0.25) is 10.0 Å². The number of rotatable bonds is 6. The summed E-state index contributed by atoms with van der Waals surface area (Å²) < 4.78 is 12.2. The van der Waals surface area contributed by atoms with Gasteiger partial charge in [0.15, 0.2) is 0 Å². The van der Waals surface area contributed by atoms with E-state index < -0.39 is 0 Å². The Labute approximate surface area is 152 Å². The molecule has 0 aliphatic carbocycles. The molecule has 0 heterocycles. The molecule has 3 aromatic carbocycles. The maximum absolute atomic E-state index is 6.52. The van der Waals surface area contributed by atoms with Crippen LogP contribution in [0.25, 0.3) is 21.5 Å². The van der Waals surface area contributed by atoms with Gasteiger partial charge in [-0.3, -0.25) is 0 Å². The smallest absolute Gasteiger partial charge is 0.138 e. The van der Waals surface area contributed by atoms with Crippen LogP contribution in [-0.4, -0.2) is 13.2 Å². The van der Waals surface area contributed by atoms with Crippen molar-refractivity contribution in [3.63, 3.8) is 0 Å². The van der Waals surface area contributed by atoms with Crippen LogP contribution in [0, 0.1) is 0 Å². The third-order valence-corrected chi connectivity index (χ3v) is 4.50. The highest BCUT2D eigenvalue weighted by Gasteiger charge is 2.19. The highest BCUT2D eigenvalue weighted by atomic mass is 35.5. The largest absolute Gasteiger partial charge is 0.492 e. The van der Waals surface area contributed by atoms with E-state index in [9.17, 15) is 0 Å². The number of benzene rings is 3. The van der Waals surface area contributed by atoms with Gasteiger partial charge < -0.3 is 9.47 Å². The Hall–Kier alpha value is -1.64. The van der Waals surface area contributed by atoms with Crippen molar-refractivity contribution in [1.82, 2.24) is 0 Å². The molecule has 0 N–H and O–H groups in total. The summed E-state index contributed by atoms with van der Waals surface area (Å²) in [7, 11) is 0. The summed E-state index contributed by atoms with van der Waals surface area (Å²) in [6.07, 6.45) is 1.84. The van der Waals surface area contributed by atoms with Crippen LogP contribution in [0.5, 0.6) is 11.5 Å². The molecule has 2 nitrogen and oxygen atoms in total. The average molecular weight is 363 g/mol. The fourth-order valence-corrected chi connectivity index (χ4v) is 3.39. The van der Waals surface area contributed by atoms with Crippen molar-refractivity contribution in [2.24, 2.45) is 0 Å². The Morgan fingerprint density at radius 1 is 0.708 bits per heavy atom. The molecule has 0 saturated heterocycles. The van der Waals surface area contributed by atoms with Crippen LogP contribution < -0.4 is 9.47 Å². The molecule has 0 unspecified atom stereocenters. The van der Waals surface area contributed by atoms with E-state index in [-0.39, 0.29) is 0 Å². The fourth-order valence-electron chi connectivity index (χ4n) is 2.87. The molecular weight excluding hydrogens is 343 g/mol.